The van der Waals surface area contributed by atoms with Crippen LogP contribution >= 0.6 is 0 Å². The molecule has 0 heterocycles. The van der Waals surface area contributed by atoms with Crippen LogP contribution in [0.1, 0.15) is 17.0 Å². The van der Waals surface area contributed by atoms with Crippen LogP contribution in [0.25, 0.3) is 0 Å². The molecule has 0 aromatic heterocycles. The molecule has 0 aliphatic heterocycles. The maximum absolute atomic E-state index is 12.3. The topological polar surface area (TPSA) is 44.1 Å². The van der Waals surface area contributed by atoms with Crippen molar-refractivity contribution in [3.05, 3.63) is 71.8 Å². The monoisotopic (exact) mass is 278 g/mol. The number of hydrogen-bond donors (Lipinski definition) is 0. The third kappa shape index (κ3) is 4.27. The van der Waals surface area contributed by atoms with E-state index in [-0.39, 0.29) is 12.3 Å². The Labute approximate surface area is 125 Å². The third-order valence-electron chi connectivity index (χ3n) is 3.31. The molecule has 3 nitrogen and oxygen atoms in total. The standard InChI is InChI=1S/C18H18N2O/c1-20(13-15-8-4-2-5-9-15)14-18(21)17(12-19)16-10-6-3-7-11-16/h2-11,17H,13-14H2,1H3/t17-/m1/s1. The van der Waals surface area contributed by atoms with Gasteiger partial charge in [-0.25, -0.2) is 0 Å². The van der Waals surface area contributed by atoms with Crippen LogP contribution in [0, 0.1) is 11.3 Å². The molecule has 2 rings (SSSR count). The molecule has 2 aromatic carbocycles. The second-order valence-corrected chi connectivity index (χ2v) is 5.10. The molecule has 0 aliphatic rings. The number of nitriles is 1. The van der Waals surface area contributed by atoms with Gasteiger partial charge in [-0.2, -0.15) is 5.26 Å². The van der Waals surface area contributed by atoms with Gasteiger partial charge in [0.1, 0.15) is 5.92 Å². The zero-order valence-electron chi connectivity index (χ0n) is 12.1. The maximum Gasteiger partial charge on any atom is 0.168 e. The number of Topliss-reactive ketones (excluding diaryl/α,β-unsaturated/α-hetero) is 1. The average molecular weight is 278 g/mol. The highest BCUT2D eigenvalue weighted by atomic mass is 16.1. The molecule has 0 aliphatic carbocycles. The molecule has 1 atom stereocenters. The lowest BCUT2D eigenvalue weighted by molar-refractivity contribution is -0.120. The van der Waals surface area contributed by atoms with Gasteiger partial charge in [-0.05, 0) is 18.2 Å². The third-order valence-corrected chi connectivity index (χ3v) is 3.31. The lowest BCUT2D eigenvalue weighted by Gasteiger charge is -2.17. The summed E-state index contributed by atoms with van der Waals surface area (Å²) in [5, 5.41) is 9.26. The second kappa shape index (κ2) is 7.37. The highest BCUT2D eigenvalue weighted by molar-refractivity contribution is 5.90. The molecular weight excluding hydrogens is 260 g/mol. The van der Waals surface area contributed by atoms with Gasteiger partial charge in [-0.15, -0.1) is 0 Å². The van der Waals surface area contributed by atoms with E-state index in [0.717, 1.165) is 11.1 Å². The van der Waals surface area contributed by atoms with Gasteiger partial charge in [-0.3, -0.25) is 9.69 Å². The van der Waals surface area contributed by atoms with Crippen molar-refractivity contribution in [3.8, 4) is 6.07 Å². The Balaban J connectivity index is 1.98. The van der Waals surface area contributed by atoms with Crippen molar-refractivity contribution >= 4 is 5.78 Å². The van der Waals surface area contributed by atoms with Crippen molar-refractivity contribution in [2.45, 2.75) is 12.5 Å². The summed E-state index contributed by atoms with van der Waals surface area (Å²) >= 11 is 0. The van der Waals surface area contributed by atoms with Gasteiger partial charge in [0.25, 0.3) is 0 Å². The number of carbonyl (C=O) groups is 1. The Morgan fingerprint density at radius 1 is 1.10 bits per heavy atom. The minimum Gasteiger partial charge on any atom is -0.296 e. The first kappa shape index (κ1) is 15.0. The van der Waals surface area contributed by atoms with E-state index >= 15 is 0 Å². The lowest BCUT2D eigenvalue weighted by atomic mass is 9.96. The summed E-state index contributed by atoms with van der Waals surface area (Å²) in [6, 6.07) is 21.3. The number of rotatable bonds is 6. The van der Waals surface area contributed by atoms with Crippen molar-refractivity contribution in [1.29, 1.82) is 5.26 Å². The van der Waals surface area contributed by atoms with Crippen LogP contribution < -0.4 is 0 Å². The molecule has 0 radical (unpaired) electrons. The van der Waals surface area contributed by atoms with Crippen molar-refractivity contribution < 1.29 is 4.79 Å². The summed E-state index contributed by atoms with van der Waals surface area (Å²) < 4.78 is 0. The highest BCUT2D eigenvalue weighted by Gasteiger charge is 2.21. The van der Waals surface area contributed by atoms with E-state index in [1.165, 1.54) is 0 Å². The van der Waals surface area contributed by atoms with Crippen molar-refractivity contribution in [1.82, 2.24) is 4.90 Å². The van der Waals surface area contributed by atoms with Gasteiger partial charge in [-0.1, -0.05) is 60.7 Å². The zero-order chi connectivity index (χ0) is 15.1. The zero-order valence-corrected chi connectivity index (χ0v) is 12.1. The first-order chi connectivity index (χ1) is 10.2. The van der Waals surface area contributed by atoms with E-state index in [2.05, 4.69) is 6.07 Å². The van der Waals surface area contributed by atoms with Crippen LogP contribution in [-0.4, -0.2) is 24.3 Å². The first-order valence-corrected chi connectivity index (χ1v) is 6.90. The van der Waals surface area contributed by atoms with Crippen molar-refractivity contribution in [2.75, 3.05) is 13.6 Å². The molecule has 0 saturated heterocycles. The molecule has 3 heteroatoms. The minimum atomic E-state index is -0.690. The van der Waals surface area contributed by atoms with E-state index in [1.807, 2.05) is 72.6 Å². The van der Waals surface area contributed by atoms with E-state index < -0.39 is 5.92 Å². The predicted molar refractivity (Wildman–Crippen MR) is 82.6 cm³/mol. The predicted octanol–water partition coefficient (Wildman–Crippen LogP) is 2.99. The summed E-state index contributed by atoms with van der Waals surface area (Å²) in [4.78, 5) is 14.2. The molecule has 106 valence electrons. The Hall–Kier alpha value is -2.44. The summed E-state index contributed by atoms with van der Waals surface area (Å²) in [5.41, 5.74) is 1.92. The van der Waals surface area contributed by atoms with Gasteiger partial charge < -0.3 is 0 Å². The van der Waals surface area contributed by atoms with Crippen LogP contribution in [0.2, 0.25) is 0 Å². The Morgan fingerprint density at radius 2 is 1.67 bits per heavy atom. The van der Waals surface area contributed by atoms with Crippen LogP contribution in [0.5, 0.6) is 0 Å². The fraction of sp³-hybridized carbons (Fsp3) is 0.222. The number of benzene rings is 2. The minimum absolute atomic E-state index is 0.0675. The normalized spacial score (nSPS) is 11.9. The molecule has 0 unspecified atom stereocenters. The molecule has 0 fully saturated rings. The number of likely N-dealkylation sites (N-methyl/N-ethyl adjacent to an activating group) is 1. The van der Waals surface area contributed by atoms with E-state index in [4.69, 9.17) is 0 Å². The molecular formula is C18H18N2O. The number of carbonyl (C=O) groups excluding carboxylic acids is 1. The van der Waals surface area contributed by atoms with E-state index in [1.54, 1.807) is 0 Å². The summed E-state index contributed by atoms with van der Waals surface area (Å²) in [5.74, 6) is -0.758. The largest absolute Gasteiger partial charge is 0.296 e. The molecule has 2 aromatic rings. The van der Waals surface area contributed by atoms with Gasteiger partial charge in [0.2, 0.25) is 0 Å². The van der Waals surface area contributed by atoms with Crippen LogP contribution in [0.3, 0.4) is 0 Å². The number of hydrogen-bond acceptors (Lipinski definition) is 3. The smallest absolute Gasteiger partial charge is 0.168 e. The van der Waals surface area contributed by atoms with Crippen LogP contribution in [0.15, 0.2) is 60.7 Å². The summed E-state index contributed by atoms with van der Waals surface area (Å²) in [6.45, 7) is 0.960. The Bertz CT molecular complexity index is 617. The van der Waals surface area contributed by atoms with E-state index in [9.17, 15) is 10.1 Å². The highest BCUT2D eigenvalue weighted by Crippen LogP contribution is 2.16. The second-order valence-electron chi connectivity index (χ2n) is 5.10. The molecule has 0 N–H and O–H groups in total. The fourth-order valence-electron chi connectivity index (χ4n) is 2.29. The van der Waals surface area contributed by atoms with Crippen LogP contribution in [-0.2, 0) is 11.3 Å². The van der Waals surface area contributed by atoms with Gasteiger partial charge in [0.15, 0.2) is 5.78 Å². The SMILES string of the molecule is CN(CC(=O)[C@H](C#N)c1ccccc1)Cc1ccccc1. The van der Waals surface area contributed by atoms with Gasteiger partial charge in [0.05, 0.1) is 12.6 Å². The first-order valence-electron chi connectivity index (χ1n) is 6.90. The molecule has 0 amide bonds. The summed E-state index contributed by atoms with van der Waals surface area (Å²) in [7, 11) is 1.89. The average Bonchev–Trinajstić information content (AvgIpc) is 2.50. The number of nitrogens with zero attached hydrogens (tertiary/aromatic N) is 2. The quantitative estimate of drug-likeness (QED) is 0.816. The van der Waals surface area contributed by atoms with Crippen molar-refractivity contribution in [2.24, 2.45) is 0 Å². The Kier molecular flexibility index (Phi) is 5.25. The van der Waals surface area contributed by atoms with Crippen molar-refractivity contribution in [3.63, 3.8) is 0 Å². The molecule has 0 saturated carbocycles. The Morgan fingerprint density at radius 3 is 2.24 bits per heavy atom. The summed E-state index contributed by atoms with van der Waals surface area (Å²) in [6.07, 6.45) is 0. The van der Waals surface area contributed by atoms with Crippen LogP contribution in [0.4, 0.5) is 0 Å². The lowest BCUT2D eigenvalue weighted by Crippen LogP contribution is -2.28. The van der Waals surface area contributed by atoms with Gasteiger partial charge in [0, 0.05) is 6.54 Å². The van der Waals surface area contributed by atoms with E-state index in [0.29, 0.717) is 6.54 Å². The molecule has 0 spiro atoms. The number of ketones is 1. The molecule has 21 heavy (non-hydrogen) atoms. The fourth-order valence-corrected chi connectivity index (χ4v) is 2.29. The van der Waals surface area contributed by atoms with Gasteiger partial charge >= 0.3 is 0 Å². The molecule has 0 bridgehead atoms. The maximum atomic E-state index is 12.3.